The fourth-order valence-electron chi connectivity index (χ4n) is 2.72. The number of nitrogens with two attached hydrogens (primary N) is 2. The highest BCUT2D eigenvalue weighted by Gasteiger charge is 2.32. The summed E-state index contributed by atoms with van der Waals surface area (Å²) in [6.45, 7) is 3.27. The van der Waals surface area contributed by atoms with Crippen LogP contribution in [0.1, 0.15) is 46.0 Å². The maximum Gasteiger partial charge on any atom is 0.326 e. The zero-order valence-electron chi connectivity index (χ0n) is 18.8. The number of carboxylic acids is 3. The minimum absolute atomic E-state index is 0.396. The van der Waals surface area contributed by atoms with Gasteiger partial charge in [0.25, 0.3) is 0 Å². The maximum absolute atomic E-state index is 12.7. The largest absolute Gasteiger partial charge is 0.481 e. The lowest BCUT2D eigenvalue weighted by Crippen LogP contribution is -2.58. The summed E-state index contributed by atoms with van der Waals surface area (Å²) >= 11 is 0. The Hall–Kier alpha value is -3.75. The van der Waals surface area contributed by atoms with E-state index in [2.05, 4.69) is 16.0 Å². The van der Waals surface area contributed by atoms with Gasteiger partial charge in [-0.05, 0) is 12.3 Å². The van der Waals surface area contributed by atoms with Crippen molar-refractivity contribution in [3.63, 3.8) is 0 Å². The van der Waals surface area contributed by atoms with Crippen LogP contribution in [0.25, 0.3) is 0 Å². The van der Waals surface area contributed by atoms with E-state index >= 15 is 0 Å². The van der Waals surface area contributed by atoms with Crippen molar-refractivity contribution < 1.29 is 48.9 Å². The SMILES string of the molecule is CCC(C)C(NC(=O)C(CCC(=O)O)NC(=O)C(CC(N)=O)NC(=O)C(N)CC(=O)O)C(=O)O. The van der Waals surface area contributed by atoms with Crippen LogP contribution in [0.5, 0.6) is 0 Å². The lowest BCUT2D eigenvalue weighted by molar-refractivity contribution is -0.144. The molecule has 0 radical (unpaired) electrons. The Morgan fingerprint density at radius 1 is 0.794 bits per heavy atom. The monoisotopic (exact) mass is 489 g/mol. The second kappa shape index (κ2) is 14.4. The van der Waals surface area contributed by atoms with Crippen LogP contribution in [0.3, 0.4) is 0 Å². The van der Waals surface area contributed by atoms with E-state index in [0.717, 1.165) is 0 Å². The van der Waals surface area contributed by atoms with Crippen molar-refractivity contribution in [3.8, 4) is 0 Å². The second-order valence-electron chi connectivity index (χ2n) is 7.64. The van der Waals surface area contributed by atoms with E-state index in [1.807, 2.05) is 0 Å². The van der Waals surface area contributed by atoms with Crippen molar-refractivity contribution in [2.75, 3.05) is 0 Å². The van der Waals surface area contributed by atoms with Gasteiger partial charge in [0, 0.05) is 6.42 Å². The maximum atomic E-state index is 12.7. The van der Waals surface area contributed by atoms with Crippen LogP contribution in [-0.4, -0.2) is 81.0 Å². The number of rotatable bonds is 16. The van der Waals surface area contributed by atoms with Crippen molar-refractivity contribution in [1.29, 1.82) is 0 Å². The highest BCUT2D eigenvalue weighted by molar-refractivity contribution is 5.96. The molecule has 0 fully saturated rings. The average molecular weight is 489 g/mol. The smallest absolute Gasteiger partial charge is 0.326 e. The Morgan fingerprint density at radius 3 is 1.76 bits per heavy atom. The molecule has 0 rings (SSSR count). The molecule has 0 aliphatic rings. The lowest BCUT2D eigenvalue weighted by Gasteiger charge is -2.26. The number of primary amides is 1. The average Bonchev–Trinajstić information content (AvgIpc) is 2.72. The van der Waals surface area contributed by atoms with Gasteiger partial charge in [0.2, 0.25) is 23.6 Å². The number of carbonyl (C=O) groups excluding carboxylic acids is 4. The van der Waals surface area contributed by atoms with Crippen LogP contribution in [0.4, 0.5) is 0 Å². The van der Waals surface area contributed by atoms with E-state index in [4.69, 9.17) is 21.7 Å². The molecule has 192 valence electrons. The first-order chi connectivity index (χ1) is 15.7. The molecule has 0 aromatic heterocycles. The molecule has 4 amide bonds. The molecule has 34 heavy (non-hydrogen) atoms. The number of carbonyl (C=O) groups is 7. The molecule has 0 aliphatic heterocycles. The van der Waals surface area contributed by atoms with E-state index in [1.54, 1.807) is 13.8 Å². The van der Waals surface area contributed by atoms with Gasteiger partial charge in [0.15, 0.2) is 0 Å². The summed E-state index contributed by atoms with van der Waals surface area (Å²) in [5, 5.41) is 33.5. The Balaban J connectivity index is 5.65. The molecule has 0 aromatic carbocycles. The topological polar surface area (TPSA) is 268 Å². The zero-order chi connectivity index (χ0) is 26.6. The van der Waals surface area contributed by atoms with E-state index in [9.17, 15) is 38.7 Å². The molecule has 0 aromatic rings. The molecule has 0 saturated heterocycles. The van der Waals surface area contributed by atoms with Crippen molar-refractivity contribution >= 4 is 41.5 Å². The molecule has 15 nitrogen and oxygen atoms in total. The van der Waals surface area contributed by atoms with E-state index in [0.29, 0.717) is 6.42 Å². The summed E-state index contributed by atoms with van der Waals surface area (Å²) < 4.78 is 0. The first kappa shape index (κ1) is 30.2. The summed E-state index contributed by atoms with van der Waals surface area (Å²) in [4.78, 5) is 82.0. The van der Waals surface area contributed by atoms with Gasteiger partial charge in [-0.15, -0.1) is 0 Å². The third kappa shape index (κ3) is 11.2. The van der Waals surface area contributed by atoms with Crippen molar-refractivity contribution in [3.05, 3.63) is 0 Å². The van der Waals surface area contributed by atoms with Gasteiger partial charge >= 0.3 is 17.9 Å². The van der Waals surface area contributed by atoms with E-state index in [-0.39, 0.29) is 0 Å². The third-order valence-corrected chi connectivity index (χ3v) is 4.83. The molecule has 0 bridgehead atoms. The molecular weight excluding hydrogens is 458 g/mol. The minimum Gasteiger partial charge on any atom is -0.481 e. The van der Waals surface area contributed by atoms with Crippen molar-refractivity contribution in [1.82, 2.24) is 16.0 Å². The number of hydrogen-bond donors (Lipinski definition) is 8. The number of aliphatic carboxylic acids is 3. The van der Waals surface area contributed by atoms with Crippen LogP contribution >= 0.6 is 0 Å². The van der Waals surface area contributed by atoms with Crippen LogP contribution in [-0.2, 0) is 33.6 Å². The highest BCUT2D eigenvalue weighted by Crippen LogP contribution is 2.09. The second-order valence-corrected chi connectivity index (χ2v) is 7.64. The summed E-state index contributed by atoms with van der Waals surface area (Å²) in [7, 11) is 0. The van der Waals surface area contributed by atoms with Gasteiger partial charge in [0.1, 0.15) is 18.1 Å². The van der Waals surface area contributed by atoms with Gasteiger partial charge < -0.3 is 42.7 Å². The molecule has 0 aliphatic carbocycles. The first-order valence-electron chi connectivity index (χ1n) is 10.3. The van der Waals surface area contributed by atoms with E-state index < -0.39 is 97.3 Å². The van der Waals surface area contributed by atoms with Crippen LogP contribution in [0, 0.1) is 5.92 Å². The number of amides is 4. The van der Waals surface area contributed by atoms with Crippen LogP contribution in [0.2, 0.25) is 0 Å². The molecule has 0 saturated carbocycles. The summed E-state index contributed by atoms with van der Waals surface area (Å²) in [5.74, 6) is -8.74. The first-order valence-corrected chi connectivity index (χ1v) is 10.3. The molecule has 5 unspecified atom stereocenters. The van der Waals surface area contributed by atoms with Gasteiger partial charge in [-0.25, -0.2) is 4.79 Å². The Labute approximate surface area is 194 Å². The number of nitrogens with one attached hydrogen (secondary N) is 3. The summed E-state index contributed by atoms with van der Waals surface area (Å²) in [6, 6.07) is -6.07. The quantitative estimate of drug-likeness (QED) is 0.109. The van der Waals surface area contributed by atoms with Gasteiger partial charge in [-0.3, -0.25) is 28.8 Å². The normalized spacial score (nSPS) is 15.0. The van der Waals surface area contributed by atoms with Crippen LogP contribution < -0.4 is 27.4 Å². The highest BCUT2D eigenvalue weighted by atomic mass is 16.4. The molecule has 15 heteroatoms. The predicted octanol–water partition coefficient (Wildman–Crippen LogP) is -2.89. The zero-order valence-corrected chi connectivity index (χ0v) is 18.8. The lowest BCUT2D eigenvalue weighted by atomic mass is 9.98. The van der Waals surface area contributed by atoms with Crippen molar-refractivity contribution in [2.45, 2.75) is 70.1 Å². The fourth-order valence-corrected chi connectivity index (χ4v) is 2.72. The summed E-state index contributed by atoms with van der Waals surface area (Å²) in [6.07, 6.45) is -2.13. The van der Waals surface area contributed by atoms with Gasteiger partial charge in [0.05, 0.1) is 18.9 Å². The third-order valence-electron chi connectivity index (χ3n) is 4.83. The molecular formula is C19H31N5O10. The van der Waals surface area contributed by atoms with Gasteiger partial charge in [-0.1, -0.05) is 20.3 Å². The Bertz CT molecular complexity index is 802. The standard InChI is InChI=1S/C19H31N5O10/c1-3-8(2)15(19(33)34)24-17(31)10(4-5-13(26)27)22-18(32)11(7-12(21)25)23-16(30)9(20)6-14(28)29/h8-11,15H,3-7,20H2,1-2H3,(H2,21,25)(H,22,32)(H,23,30)(H,24,31)(H,26,27)(H,28,29)(H,33,34). The number of hydrogen-bond acceptors (Lipinski definition) is 8. The van der Waals surface area contributed by atoms with E-state index in [1.165, 1.54) is 0 Å². The minimum atomic E-state index is -1.66. The fraction of sp³-hybridized carbons (Fsp3) is 0.632. The van der Waals surface area contributed by atoms with Crippen LogP contribution in [0.15, 0.2) is 0 Å². The Morgan fingerprint density at radius 2 is 1.32 bits per heavy atom. The molecule has 10 N–H and O–H groups in total. The predicted molar refractivity (Wildman–Crippen MR) is 114 cm³/mol. The molecule has 5 atom stereocenters. The molecule has 0 spiro atoms. The number of carboxylic acid groups (broad SMARTS) is 3. The Kier molecular flexibility index (Phi) is 12.8. The summed E-state index contributed by atoms with van der Waals surface area (Å²) in [5.41, 5.74) is 10.5. The molecule has 0 heterocycles. The van der Waals surface area contributed by atoms with Gasteiger partial charge in [-0.2, -0.15) is 0 Å². The van der Waals surface area contributed by atoms with Crippen molar-refractivity contribution in [2.24, 2.45) is 17.4 Å².